The Hall–Kier alpha value is -0.280. The highest BCUT2D eigenvalue weighted by Crippen LogP contribution is 2.11. The fourth-order valence-electron chi connectivity index (χ4n) is 3.22. The monoisotopic (exact) mass is 350 g/mol. The van der Waals surface area contributed by atoms with Crippen LogP contribution in [-0.2, 0) is 0 Å². The van der Waals surface area contributed by atoms with E-state index in [-0.39, 0.29) is 6.10 Å². The molecule has 0 heterocycles. The lowest BCUT2D eigenvalue weighted by Gasteiger charge is -2.41. The van der Waals surface area contributed by atoms with Gasteiger partial charge in [0.15, 0.2) is 0 Å². The van der Waals surface area contributed by atoms with Crippen molar-refractivity contribution in [1.29, 1.82) is 0 Å². The minimum absolute atomic E-state index is 0.377. The molecular formula is C17H40N3O4+. The van der Waals surface area contributed by atoms with Crippen molar-refractivity contribution < 1.29 is 24.9 Å². The average Bonchev–Trinajstić information content (AvgIpc) is 2.39. The molecule has 146 valence electrons. The first kappa shape index (κ1) is 23.7. The maximum absolute atomic E-state index is 9.95. The summed E-state index contributed by atoms with van der Waals surface area (Å²) in [5.41, 5.74) is 0. The van der Waals surface area contributed by atoms with Gasteiger partial charge in [0, 0.05) is 26.2 Å². The van der Waals surface area contributed by atoms with Crippen LogP contribution in [0.25, 0.3) is 0 Å². The van der Waals surface area contributed by atoms with Crippen LogP contribution in [0, 0.1) is 0 Å². The van der Waals surface area contributed by atoms with Crippen molar-refractivity contribution in [3.05, 3.63) is 0 Å². The molecule has 4 unspecified atom stereocenters. The highest BCUT2D eigenvalue weighted by molar-refractivity contribution is 4.61. The molecule has 0 aromatic carbocycles. The van der Waals surface area contributed by atoms with Crippen molar-refractivity contribution in [3.63, 3.8) is 0 Å². The van der Waals surface area contributed by atoms with Gasteiger partial charge in [-0.25, -0.2) is 0 Å². The number of hydrogen-bond acceptors (Lipinski definition) is 6. The van der Waals surface area contributed by atoms with E-state index < -0.39 is 18.3 Å². The summed E-state index contributed by atoms with van der Waals surface area (Å²) in [7, 11) is 1.97. The summed E-state index contributed by atoms with van der Waals surface area (Å²) in [6.07, 6.45) is -1.68. The highest BCUT2D eigenvalue weighted by Gasteiger charge is 2.30. The fraction of sp³-hybridized carbons (Fsp3) is 1.00. The second-order valence-corrected chi connectivity index (χ2v) is 7.52. The number of aliphatic hydroxyl groups is 4. The number of rotatable bonds is 14. The van der Waals surface area contributed by atoms with E-state index in [2.05, 4.69) is 10.2 Å². The Bertz CT molecular complexity index is 302. The largest absolute Gasteiger partial charge is 0.392 e. The maximum Gasteiger partial charge on any atom is 0.105 e. The van der Waals surface area contributed by atoms with Crippen LogP contribution in [0.3, 0.4) is 0 Å². The van der Waals surface area contributed by atoms with Crippen LogP contribution in [0.2, 0.25) is 0 Å². The van der Waals surface area contributed by atoms with Crippen molar-refractivity contribution in [1.82, 2.24) is 10.2 Å². The van der Waals surface area contributed by atoms with Crippen LogP contribution >= 0.6 is 0 Å². The Balaban J connectivity index is 4.84. The summed E-state index contributed by atoms with van der Waals surface area (Å²) in [5.74, 6) is 0. The van der Waals surface area contributed by atoms with E-state index in [9.17, 15) is 20.4 Å². The van der Waals surface area contributed by atoms with Crippen LogP contribution < -0.4 is 5.32 Å². The molecule has 0 spiro atoms. The molecule has 0 aromatic heterocycles. The van der Waals surface area contributed by atoms with Crippen LogP contribution in [0.1, 0.15) is 27.7 Å². The predicted molar refractivity (Wildman–Crippen MR) is 96.8 cm³/mol. The SMILES string of the molecule is CC(O)CNCC[N+](CCN(C)CC(C)O)(CC(C)O)CC(C)O. The topological polar surface area (TPSA) is 96.2 Å². The highest BCUT2D eigenvalue weighted by atomic mass is 16.3. The molecule has 0 aliphatic rings. The standard InChI is InChI=1S/C17H40N3O4/c1-14(21)10-18-6-8-20(12-16(3)23,13-17(4)24)9-7-19(5)11-15(2)22/h14-18,21-24H,6-13H2,1-5H3/q+1. The second-order valence-electron chi connectivity index (χ2n) is 7.52. The summed E-state index contributed by atoms with van der Waals surface area (Å²) >= 11 is 0. The normalized spacial score (nSPS) is 19.8. The molecule has 5 N–H and O–H groups in total. The molecule has 0 saturated heterocycles. The first-order chi connectivity index (χ1) is 11.1. The number of hydrogen-bond donors (Lipinski definition) is 5. The number of nitrogens with zero attached hydrogens (tertiary/aromatic N) is 2. The molecule has 0 radical (unpaired) electrons. The molecule has 0 aliphatic heterocycles. The molecule has 7 heteroatoms. The molecule has 0 fully saturated rings. The lowest BCUT2D eigenvalue weighted by atomic mass is 10.2. The Labute approximate surface area is 147 Å². The molecule has 0 amide bonds. The van der Waals surface area contributed by atoms with Crippen LogP contribution in [0.15, 0.2) is 0 Å². The number of quaternary nitrogens is 1. The van der Waals surface area contributed by atoms with Crippen molar-refractivity contribution in [2.24, 2.45) is 0 Å². The third kappa shape index (κ3) is 12.1. The average molecular weight is 351 g/mol. The van der Waals surface area contributed by atoms with Crippen LogP contribution in [0.4, 0.5) is 0 Å². The number of aliphatic hydroxyl groups excluding tert-OH is 4. The predicted octanol–water partition coefficient (Wildman–Crippen LogP) is -1.15. The molecule has 0 aliphatic carbocycles. The van der Waals surface area contributed by atoms with Gasteiger partial charge >= 0.3 is 0 Å². The number of likely N-dealkylation sites (N-methyl/N-ethyl adjacent to an activating group) is 1. The van der Waals surface area contributed by atoms with Crippen molar-refractivity contribution in [3.8, 4) is 0 Å². The zero-order chi connectivity index (χ0) is 18.8. The fourth-order valence-corrected chi connectivity index (χ4v) is 3.22. The lowest BCUT2D eigenvalue weighted by Crippen LogP contribution is -2.60. The van der Waals surface area contributed by atoms with Gasteiger partial charge in [-0.2, -0.15) is 0 Å². The van der Waals surface area contributed by atoms with Crippen LogP contribution in [0.5, 0.6) is 0 Å². The van der Waals surface area contributed by atoms with Gasteiger partial charge in [0.2, 0.25) is 0 Å². The zero-order valence-corrected chi connectivity index (χ0v) is 16.1. The summed E-state index contributed by atoms with van der Waals surface area (Å²) in [5, 5.41) is 42.0. The third-order valence-corrected chi connectivity index (χ3v) is 4.04. The molecule has 7 nitrogen and oxygen atoms in total. The third-order valence-electron chi connectivity index (χ3n) is 4.04. The molecule has 4 atom stereocenters. The van der Waals surface area contributed by atoms with E-state index in [1.54, 1.807) is 27.7 Å². The molecule has 0 rings (SSSR count). The van der Waals surface area contributed by atoms with Gasteiger partial charge in [-0.1, -0.05) is 0 Å². The van der Waals surface area contributed by atoms with E-state index in [1.165, 1.54) is 0 Å². The minimum Gasteiger partial charge on any atom is -0.392 e. The molecule has 0 bridgehead atoms. The summed E-state index contributed by atoms with van der Waals surface area (Å²) in [6.45, 7) is 12.4. The van der Waals surface area contributed by atoms with E-state index in [0.717, 1.165) is 19.6 Å². The van der Waals surface area contributed by atoms with E-state index in [1.807, 2.05) is 7.05 Å². The van der Waals surface area contributed by atoms with E-state index in [4.69, 9.17) is 0 Å². The van der Waals surface area contributed by atoms with Gasteiger partial charge in [-0.3, -0.25) is 4.90 Å². The first-order valence-corrected chi connectivity index (χ1v) is 9.03. The Morgan fingerprint density at radius 2 is 1.38 bits per heavy atom. The van der Waals surface area contributed by atoms with Crippen molar-refractivity contribution >= 4 is 0 Å². The van der Waals surface area contributed by atoms with Gasteiger partial charge in [0.1, 0.15) is 25.3 Å². The molecule has 24 heavy (non-hydrogen) atoms. The van der Waals surface area contributed by atoms with Gasteiger partial charge in [0.05, 0.1) is 25.3 Å². The van der Waals surface area contributed by atoms with E-state index in [0.29, 0.717) is 37.2 Å². The van der Waals surface area contributed by atoms with Gasteiger partial charge in [-0.05, 0) is 34.7 Å². The summed E-state index contributed by atoms with van der Waals surface area (Å²) in [6, 6.07) is 0. The second kappa shape index (κ2) is 12.1. The minimum atomic E-state index is -0.456. The molecule has 0 saturated carbocycles. The Kier molecular flexibility index (Phi) is 12.0. The lowest BCUT2D eigenvalue weighted by molar-refractivity contribution is -0.931. The van der Waals surface area contributed by atoms with Gasteiger partial charge in [0.25, 0.3) is 0 Å². The van der Waals surface area contributed by atoms with Crippen molar-refractivity contribution in [2.45, 2.75) is 52.1 Å². The van der Waals surface area contributed by atoms with E-state index >= 15 is 0 Å². The zero-order valence-electron chi connectivity index (χ0n) is 16.1. The Morgan fingerprint density at radius 1 is 0.833 bits per heavy atom. The first-order valence-electron chi connectivity index (χ1n) is 9.03. The van der Waals surface area contributed by atoms with Crippen molar-refractivity contribution in [2.75, 3.05) is 59.4 Å². The van der Waals surface area contributed by atoms with Gasteiger partial charge < -0.3 is 30.2 Å². The summed E-state index contributed by atoms with van der Waals surface area (Å²) < 4.78 is 0.603. The maximum atomic E-state index is 9.95. The molecule has 0 aromatic rings. The quantitative estimate of drug-likeness (QED) is 0.201. The smallest absolute Gasteiger partial charge is 0.105 e. The Morgan fingerprint density at radius 3 is 1.79 bits per heavy atom. The van der Waals surface area contributed by atoms with Gasteiger partial charge in [-0.15, -0.1) is 0 Å². The number of nitrogens with one attached hydrogen (secondary N) is 1. The molecular weight excluding hydrogens is 310 g/mol. The van der Waals surface area contributed by atoms with Crippen LogP contribution in [-0.4, -0.2) is 114 Å². The summed E-state index contributed by atoms with van der Waals surface area (Å²) in [4.78, 5) is 2.07.